The highest BCUT2D eigenvalue weighted by molar-refractivity contribution is 5.82. The fraction of sp³-hybridized carbons (Fsp3) is 0.211. The largest absolute Gasteiger partial charge is 0.313 e. The number of aryl methyl sites for hydroxylation is 1. The Balaban J connectivity index is 2.04. The highest BCUT2D eigenvalue weighted by Gasteiger charge is 2.14. The molecule has 0 saturated carbocycles. The average Bonchev–Trinajstić information content (AvgIpc) is 2.53. The molecule has 21 heavy (non-hydrogen) atoms. The fourth-order valence-corrected chi connectivity index (χ4v) is 2.85. The predicted octanol–water partition coefficient (Wildman–Crippen LogP) is 4.05. The molecule has 1 atom stereocenters. The van der Waals surface area contributed by atoms with Crippen LogP contribution in [-0.4, -0.2) is 12.0 Å². The maximum atomic E-state index is 4.63. The van der Waals surface area contributed by atoms with Crippen LogP contribution in [0.3, 0.4) is 0 Å². The molecule has 3 aromatic rings. The van der Waals surface area contributed by atoms with Crippen molar-refractivity contribution >= 4 is 10.9 Å². The van der Waals surface area contributed by atoms with Gasteiger partial charge in [-0.1, -0.05) is 48.5 Å². The second kappa shape index (κ2) is 6.06. The minimum absolute atomic E-state index is 0.291. The minimum atomic E-state index is 0.291. The van der Waals surface area contributed by atoms with Crippen LogP contribution in [0.4, 0.5) is 0 Å². The molecule has 1 heterocycles. The van der Waals surface area contributed by atoms with Gasteiger partial charge >= 0.3 is 0 Å². The standard InChI is InChI=1S/C19H20N2/c1-14-12-17(16-10-6-7-11-18(16)21-14)19(20-2)13-15-8-4-3-5-9-15/h3-12,19-20H,13H2,1-2H3. The zero-order valence-corrected chi connectivity index (χ0v) is 12.5. The van der Waals surface area contributed by atoms with Gasteiger partial charge in [0.05, 0.1) is 5.52 Å². The maximum absolute atomic E-state index is 4.63. The Hall–Kier alpha value is -2.19. The summed E-state index contributed by atoms with van der Waals surface area (Å²) in [6, 6.07) is 21.5. The molecule has 0 fully saturated rings. The van der Waals surface area contributed by atoms with Crippen molar-refractivity contribution in [3.05, 3.63) is 77.5 Å². The number of hydrogen-bond acceptors (Lipinski definition) is 2. The number of aromatic nitrogens is 1. The van der Waals surface area contributed by atoms with Gasteiger partial charge in [-0.05, 0) is 43.7 Å². The van der Waals surface area contributed by atoms with E-state index in [0.717, 1.165) is 17.6 Å². The summed E-state index contributed by atoms with van der Waals surface area (Å²) >= 11 is 0. The van der Waals surface area contributed by atoms with Gasteiger partial charge in [-0.15, -0.1) is 0 Å². The lowest BCUT2D eigenvalue weighted by Gasteiger charge is -2.19. The number of hydrogen-bond donors (Lipinski definition) is 1. The highest BCUT2D eigenvalue weighted by atomic mass is 14.9. The van der Waals surface area contributed by atoms with E-state index in [0.29, 0.717) is 6.04 Å². The predicted molar refractivity (Wildman–Crippen MR) is 88.4 cm³/mol. The molecule has 0 amide bonds. The number of nitrogens with one attached hydrogen (secondary N) is 1. The summed E-state index contributed by atoms with van der Waals surface area (Å²) in [5.74, 6) is 0. The zero-order chi connectivity index (χ0) is 14.7. The molecule has 0 aliphatic heterocycles. The summed E-state index contributed by atoms with van der Waals surface area (Å²) in [6.45, 7) is 2.06. The summed E-state index contributed by atoms with van der Waals surface area (Å²) < 4.78 is 0. The number of pyridine rings is 1. The molecule has 0 aliphatic rings. The Bertz CT molecular complexity index is 735. The lowest BCUT2D eigenvalue weighted by atomic mass is 9.95. The second-order valence-corrected chi connectivity index (χ2v) is 5.40. The molecule has 0 radical (unpaired) electrons. The Kier molecular flexibility index (Phi) is 3.98. The number of benzene rings is 2. The van der Waals surface area contributed by atoms with Gasteiger partial charge in [0.1, 0.15) is 0 Å². The smallest absolute Gasteiger partial charge is 0.0708 e. The molecular formula is C19H20N2. The minimum Gasteiger partial charge on any atom is -0.313 e. The lowest BCUT2D eigenvalue weighted by Crippen LogP contribution is -2.19. The topological polar surface area (TPSA) is 24.9 Å². The molecule has 1 unspecified atom stereocenters. The van der Waals surface area contributed by atoms with Crippen LogP contribution in [0.1, 0.15) is 22.9 Å². The molecule has 0 spiro atoms. The van der Waals surface area contributed by atoms with E-state index in [-0.39, 0.29) is 0 Å². The first-order valence-corrected chi connectivity index (χ1v) is 7.35. The summed E-state index contributed by atoms with van der Waals surface area (Å²) in [5.41, 5.74) is 4.80. The third kappa shape index (κ3) is 2.96. The zero-order valence-electron chi connectivity index (χ0n) is 12.5. The summed E-state index contributed by atoms with van der Waals surface area (Å²) in [5, 5.41) is 4.69. The van der Waals surface area contributed by atoms with Crippen LogP contribution >= 0.6 is 0 Å². The molecule has 0 bridgehead atoms. The van der Waals surface area contributed by atoms with Gasteiger partial charge in [-0.25, -0.2) is 0 Å². The Morgan fingerprint density at radius 3 is 2.48 bits per heavy atom. The Morgan fingerprint density at radius 2 is 1.71 bits per heavy atom. The first-order valence-electron chi connectivity index (χ1n) is 7.35. The normalized spacial score (nSPS) is 12.5. The molecule has 2 nitrogen and oxygen atoms in total. The van der Waals surface area contributed by atoms with E-state index >= 15 is 0 Å². The third-order valence-electron chi connectivity index (χ3n) is 3.88. The second-order valence-electron chi connectivity index (χ2n) is 5.40. The van der Waals surface area contributed by atoms with Gasteiger partial charge in [0.25, 0.3) is 0 Å². The van der Waals surface area contributed by atoms with Crippen LogP contribution in [-0.2, 0) is 6.42 Å². The molecule has 106 valence electrons. The van der Waals surface area contributed by atoms with Crippen LogP contribution < -0.4 is 5.32 Å². The molecule has 0 aliphatic carbocycles. The van der Waals surface area contributed by atoms with Crippen LogP contribution in [0.15, 0.2) is 60.7 Å². The van der Waals surface area contributed by atoms with Crippen LogP contribution in [0.2, 0.25) is 0 Å². The highest BCUT2D eigenvalue weighted by Crippen LogP contribution is 2.26. The molecule has 2 heteroatoms. The van der Waals surface area contributed by atoms with Gasteiger partial charge in [-0.2, -0.15) is 0 Å². The van der Waals surface area contributed by atoms with Gasteiger partial charge < -0.3 is 5.32 Å². The van der Waals surface area contributed by atoms with Gasteiger partial charge in [-0.3, -0.25) is 4.98 Å². The van der Waals surface area contributed by atoms with Gasteiger partial charge in [0.15, 0.2) is 0 Å². The maximum Gasteiger partial charge on any atom is 0.0708 e. The average molecular weight is 276 g/mol. The molecule has 1 aromatic heterocycles. The molecule has 2 aromatic carbocycles. The van der Waals surface area contributed by atoms with Crippen LogP contribution in [0.5, 0.6) is 0 Å². The fourth-order valence-electron chi connectivity index (χ4n) is 2.85. The van der Waals surface area contributed by atoms with E-state index in [4.69, 9.17) is 0 Å². The molecule has 3 rings (SSSR count). The molecule has 1 N–H and O–H groups in total. The van der Waals surface area contributed by atoms with Gasteiger partial charge in [0.2, 0.25) is 0 Å². The Labute approximate surface area is 125 Å². The van der Waals surface area contributed by atoms with E-state index in [1.807, 2.05) is 13.1 Å². The van der Waals surface area contributed by atoms with Crippen molar-refractivity contribution < 1.29 is 0 Å². The SMILES string of the molecule is CNC(Cc1ccccc1)c1cc(C)nc2ccccc12. The third-order valence-corrected chi connectivity index (χ3v) is 3.88. The summed E-state index contributed by atoms with van der Waals surface area (Å²) in [4.78, 5) is 4.63. The van der Waals surface area contributed by atoms with E-state index in [9.17, 15) is 0 Å². The summed E-state index contributed by atoms with van der Waals surface area (Å²) in [6.07, 6.45) is 0.977. The van der Waals surface area contributed by atoms with E-state index in [1.54, 1.807) is 0 Å². The van der Waals surface area contributed by atoms with Crippen molar-refractivity contribution in [3.8, 4) is 0 Å². The number of likely N-dealkylation sites (N-methyl/N-ethyl adjacent to an activating group) is 1. The number of para-hydroxylation sites is 1. The van der Waals surface area contributed by atoms with Crippen molar-refractivity contribution in [3.63, 3.8) is 0 Å². The van der Waals surface area contributed by atoms with Crippen molar-refractivity contribution in [2.45, 2.75) is 19.4 Å². The van der Waals surface area contributed by atoms with Crippen LogP contribution in [0.25, 0.3) is 10.9 Å². The number of nitrogens with zero attached hydrogens (tertiary/aromatic N) is 1. The van der Waals surface area contributed by atoms with Crippen molar-refractivity contribution in [2.24, 2.45) is 0 Å². The van der Waals surface area contributed by atoms with E-state index in [1.165, 1.54) is 16.5 Å². The molecular weight excluding hydrogens is 256 g/mol. The first-order chi connectivity index (χ1) is 10.3. The lowest BCUT2D eigenvalue weighted by molar-refractivity contribution is 0.595. The van der Waals surface area contributed by atoms with E-state index < -0.39 is 0 Å². The number of rotatable bonds is 4. The van der Waals surface area contributed by atoms with Crippen molar-refractivity contribution in [1.82, 2.24) is 10.3 Å². The molecule has 0 saturated heterocycles. The monoisotopic (exact) mass is 276 g/mol. The van der Waals surface area contributed by atoms with Crippen molar-refractivity contribution in [1.29, 1.82) is 0 Å². The van der Waals surface area contributed by atoms with Crippen LogP contribution in [0, 0.1) is 6.92 Å². The summed E-state index contributed by atoms with van der Waals surface area (Å²) in [7, 11) is 2.03. The van der Waals surface area contributed by atoms with E-state index in [2.05, 4.69) is 71.8 Å². The number of fused-ring (bicyclic) bond motifs is 1. The van der Waals surface area contributed by atoms with Crippen molar-refractivity contribution in [2.75, 3.05) is 7.05 Å². The Morgan fingerprint density at radius 1 is 1.00 bits per heavy atom. The van der Waals surface area contributed by atoms with Gasteiger partial charge in [0, 0.05) is 17.1 Å². The first kappa shape index (κ1) is 13.8. The quantitative estimate of drug-likeness (QED) is 0.777.